The van der Waals surface area contributed by atoms with Gasteiger partial charge in [0.2, 0.25) is 5.91 Å². The van der Waals surface area contributed by atoms with Crippen molar-refractivity contribution in [2.75, 3.05) is 38.1 Å². The molecule has 0 radical (unpaired) electrons. The molecule has 4 N–H and O–H groups in total. The molecule has 226 valence electrons. The number of hydrogen-bond donors (Lipinski definition) is 4. The van der Waals surface area contributed by atoms with Crippen LogP contribution in [0.2, 0.25) is 0 Å². The van der Waals surface area contributed by atoms with Gasteiger partial charge < -0.3 is 35.4 Å². The molecule has 1 saturated carbocycles. The van der Waals surface area contributed by atoms with Gasteiger partial charge in [-0.3, -0.25) is 14.4 Å². The van der Waals surface area contributed by atoms with Crippen LogP contribution in [-0.2, 0) is 14.3 Å². The second kappa shape index (κ2) is 14.6. The van der Waals surface area contributed by atoms with E-state index in [2.05, 4.69) is 20.6 Å². The summed E-state index contributed by atoms with van der Waals surface area (Å²) >= 11 is 0. The van der Waals surface area contributed by atoms with Crippen LogP contribution in [0.4, 0.5) is 10.6 Å². The van der Waals surface area contributed by atoms with Crippen molar-refractivity contribution in [3.8, 4) is 11.4 Å². The van der Waals surface area contributed by atoms with E-state index in [-0.39, 0.29) is 57.4 Å². The van der Waals surface area contributed by atoms with Crippen LogP contribution in [0.3, 0.4) is 0 Å². The van der Waals surface area contributed by atoms with Crippen LogP contribution in [0.25, 0.3) is 11.4 Å². The normalized spacial score (nSPS) is 19.5. The predicted octanol–water partition coefficient (Wildman–Crippen LogP) is 2.12. The highest BCUT2D eigenvalue weighted by Crippen LogP contribution is 2.24. The molecule has 1 aromatic carbocycles. The smallest absolute Gasteiger partial charge is 0.409 e. The molecule has 1 aliphatic carbocycles. The lowest BCUT2D eigenvalue weighted by Gasteiger charge is -2.35. The van der Waals surface area contributed by atoms with E-state index in [9.17, 15) is 29.4 Å². The molecule has 2 aromatic rings. The summed E-state index contributed by atoms with van der Waals surface area (Å²) in [7, 11) is 0. The lowest BCUT2D eigenvalue weighted by molar-refractivity contribution is -0.138. The van der Waals surface area contributed by atoms with Crippen molar-refractivity contribution >= 4 is 29.7 Å². The summed E-state index contributed by atoms with van der Waals surface area (Å²) in [5.74, 6) is -1.53. The summed E-state index contributed by atoms with van der Waals surface area (Å²) in [6.45, 7) is 2.93. The first-order valence-electron chi connectivity index (χ1n) is 14.4. The number of carboxylic acids is 1. The number of benzene rings is 1. The number of hydrogen-bond acceptors (Lipinski definition) is 9. The highest BCUT2D eigenvalue weighted by molar-refractivity contribution is 5.97. The lowest BCUT2D eigenvalue weighted by atomic mass is 9.92. The number of anilines is 1. The van der Waals surface area contributed by atoms with Crippen molar-refractivity contribution < 1.29 is 34.1 Å². The van der Waals surface area contributed by atoms with Gasteiger partial charge in [-0.1, -0.05) is 43.2 Å². The lowest BCUT2D eigenvalue weighted by Crippen LogP contribution is -2.56. The minimum Gasteiger partial charge on any atom is -0.481 e. The van der Waals surface area contributed by atoms with E-state index in [4.69, 9.17) is 4.74 Å². The first-order valence-corrected chi connectivity index (χ1v) is 14.4. The molecule has 1 aliphatic heterocycles. The molecular weight excluding hydrogens is 544 g/mol. The van der Waals surface area contributed by atoms with E-state index in [1.54, 1.807) is 6.92 Å². The number of rotatable bonds is 10. The van der Waals surface area contributed by atoms with Crippen molar-refractivity contribution in [2.45, 2.75) is 63.6 Å². The van der Waals surface area contributed by atoms with Crippen LogP contribution in [0.1, 0.15) is 55.9 Å². The second-order valence-corrected chi connectivity index (χ2v) is 10.4. The van der Waals surface area contributed by atoms with Gasteiger partial charge in [-0.15, -0.1) is 0 Å². The maximum atomic E-state index is 13.5. The molecule has 1 aromatic heterocycles. The fourth-order valence-corrected chi connectivity index (χ4v) is 5.13. The van der Waals surface area contributed by atoms with E-state index in [1.165, 1.54) is 15.9 Å². The highest BCUT2D eigenvalue weighted by Gasteiger charge is 2.31. The van der Waals surface area contributed by atoms with Gasteiger partial charge in [0.25, 0.3) is 5.91 Å². The Labute approximate surface area is 244 Å². The molecule has 2 fully saturated rings. The zero-order valence-corrected chi connectivity index (χ0v) is 23.7. The molecule has 13 nitrogen and oxygen atoms in total. The molecule has 42 heavy (non-hydrogen) atoms. The van der Waals surface area contributed by atoms with Gasteiger partial charge in [0, 0.05) is 44.2 Å². The number of ether oxygens (including phenoxy) is 1. The third-order valence-corrected chi connectivity index (χ3v) is 7.42. The van der Waals surface area contributed by atoms with Crippen LogP contribution < -0.4 is 10.6 Å². The Morgan fingerprint density at radius 1 is 1.02 bits per heavy atom. The summed E-state index contributed by atoms with van der Waals surface area (Å²) in [4.78, 5) is 62.4. The first kappa shape index (κ1) is 30.7. The maximum Gasteiger partial charge on any atom is 0.409 e. The molecule has 1 saturated heterocycles. The Balaban J connectivity index is 1.54. The standard InChI is InChI=1S/C29H38N6O7/c1-2-42-29(41)35-16-14-34(15-17-35)28(40)21(12-13-25(37)38)32-27(39)22-18-24(30-20-10-6-7-11-23(20)36)33-26(31-22)19-8-4-3-5-9-19/h3-5,8-9,18,20-21,23,36H,2,6-7,10-17H2,1H3,(H,32,39)(H,37,38)(H,30,31,33)/t20-,21+,23-/m1/s1. The Morgan fingerprint density at radius 3 is 2.38 bits per heavy atom. The number of aromatic nitrogens is 2. The van der Waals surface area contributed by atoms with Gasteiger partial charge >= 0.3 is 12.1 Å². The summed E-state index contributed by atoms with van der Waals surface area (Å²) in [5.41, 5.74) is 0.675. The summed E-state index contributed by atoms with van der Waals surface area (Å²) in [6, 6.07) is 9.25. The average Bonchev–Trinajstić information content (AvgIpc) is 3.00. The van der Waals surface area contributed by atoms with Crippen LogP contribution in [0, 0.1) is 0 Å². The topological polar surface area (TPSA) is 174 Å². The SMILES string of the molecule is CCOC(=O)N1CCN(C(=O)[C@H](CCC(=O)O)NC(=O)c2cc(N[C@@H]3CCCC[C@H]3O)nc(-c3ccccc3)n2)CC1. The number of carbonyl (C=O) groups is 4. The largest absolute Gasteiger partial charge is 0.481 e. The summed E-state index contributed by atoms with van der Waals surface area (Å²) < 4.78 is 5.03. The minimum absolute atomic E-state index is 0.00286. The Morgan fingerprint density at radius 2 is 1.71 bits per heavy atom. The van der Waals surface area contributed by atoms with Gasteiger partial charge in [0.05, 0.1) is 18.8 Å². The number of carbonyl (C=O) groups excluding carboxylic acids is 3. The number of amides is 3. The zero-order chi connectivity index (χ0) is 30.1. The van der Waals surface area contributed by atoms with E-state index in [0.717, 1.165) is 19.3 Å². The van der Waals surface area contributed by atoms with Crippen LogP contribution in [0.5, 0.6) is 0 Å². The van der Waals surface area contributed by atoms with Gasteiger partial charge in [0.15, 0.2) is 5.82 Å². The van der Waals surface area contributed by atoms with Gasteiger partial charge in [-0.2, -0.15) is 0 Å². The number of aliphatic hydroxyl groups excluding tert-OH is 1. The number of aliphatic carboxylic acids is 1. The Hall–Kier alpha value is -4.26. The molecule has 2 aliphatic rings. The van der Waals surface area contributed by atoms with E-state index in [0.29, 0.717) is 23.6 Å². The molecule has 0 bridgehead atoms. The van der Waals surface area contributed by atoms with Gasteiger partial charge in [0.1, 0.15) is 17.6 Å². The molecule has 4 rings (SSSR count). The zero-order valence-electron chi connectivity index (χ0n) is 23.7. The van der Waals surface area contributed by atoms with Crippen LogP contribution in [-0.4, -0.2) is 105 Å². The average molecular weight is 583 g/mol. The molecule has 3 atom stereocenters. The van der Waals surface area contributed by atoms with Crippen molar-refractivity contribution in [3.05, 3.63) is 42.1 Å². The number of aliphatic hydroxyl groups is 1. The predicted molar refractivity (Wildman–Crippen MR) is 153 cm³/mol. The quantitative estimate of drug-likeness (QED) is 0.325. The van der Waals surface area contributed by atoms with E-state index in [1.807, 2.05) is 30.3 Å². The fourth-order valence-electron chi connectivity index (χ4n) is 5.13. The van der Waals surface area contributed by atoms with E-state index < -0.39 is 36.0 Å². The first-order chi connectivity index (χ1) is 20.2. The monoisotopic (exact) mass is 582 g/mol. The van der Waals surface area contributed by atoms with Crippen molar-refractivity contribution in [1.82, 2.24) is 25.1 Å². The minimum atomic E-state index is -1.12. The molecule has 0 spiro atoms. The van der Waals surface area contributed by atoms with Crippen molar-refractivity contribution in [1.29, 1.82) is 0 Å². The third kappa shape index (κ3) is 8.15. The third-order valence-electron chi connectivity index (χ3n) is 7.42. The highest BCUT2D eigenvalue weighted by atomic mass is 16.6. The number of nitrogens with zero attached hydrogens (tertiary/aromatic N) is 4. The Kier molecular flexibility index (Phi) is 10.7. The van der Waals surface area contributed by atoms with Crippen LogP contribution in [0.15, 0.2) is 36.4 Å². The summed E-state index contributed by atoms with van der Waals surface area (Å²) in [5, 5.41) is 25.7. The Bertz CT molecular complexity index is 1250. The van der Waals surface area contributed by atoms with Gasteiger partial charge in [-0.25, -0.2) is 14.8 Å². The molecule has 3 amide bonds. The molecular formula is C29H38N6O7. The van der Waals surface area contributed by atoms with Crippen molar-refractivity contribution in [3.63, 3.8) is 0 Å². The summed E-state index contributed by atoms with van der Waals surface area (Å²) in [6.07, 6.45) is 1.87. The second-order valence-electron chi connectivity index (χ2n) is 10.4. The van der Waals surface area contributed by atoms with Crippen LogP contribution >= 0.6 is 0 Å². The number of piperazine rings is 1. The van der Waals surface area contributed by atoms with Crippen molar-refractivity contribution in [2.24, 2.45) is 0 Å². The molecule has 13 heteroatoms. The number of carboxylic acid groups (broad SMARTS) is 1. The maximum absolute atomic E-state index is 13.5. The number of nitrogens with one attached hydrogen (secondary N) is 2. The van der Waals surface area contributed by atoms with E-state index >= 15 is 0 Å². The fraction of sp³-hybridized carbons (Fsp3) is 0.517. The van der Waals surface area contributed by atoms with Gasteiger partial charge in [-0.05, 0) is 26.2 Å². The molecule has 2 heterocycles. The molecule has 0 unspecified atom stereocenters.